The number of anilines is 2. The zero-order valence-electron chi connectivity index (χ0n) is 16.9. The molecule has 0 spiro atoms. The molecule has 8 heteroatoms. The fraction of sp³-hybridized carbons (Fsp3) is 0.261. The fourth-order valence-corrected chi connectivity index (χ4v) is 3.88. The number of benzene rings is 2. The number of aromatic nitrogens is 2. The minimum Gasteiger partial charge on any atom is -0.486 e. The Hall–Kier alpha value is -3.81. The molecule has 2 aliphatic rings. The third-order valence-electron chi connectivity index (χ3n) is 5.48. The number of carbonyl (C=O) groups is 2. The number of nitrogens with zero attached hydrogens (tertiary/aromatic N) is 3. The van der Waals surface area contributed by atoms with Crippen LogP contribution in [0.1, 0.15) is 12.0 Å². The number of carbonyl (C=O) groups excluding carboxylic acids is 2. The maximum atomic E-state index is 12.9. The lowest BCUT2D eigenvalue weighted by molar-refractivity contribution is -0.122. The van der Waals surface area contributed by atoms with Gasteiger partial charge in [-0.3, -0.25) is 9.59 Å². The van der Waals surface area contributed by atoms with E-state index in [9.17, 15) is 9.59 Å². The van der Waals surface area contributed by atoms with Crippen molar-refractivity contribution >= 4 is 23.3 Å². The van der Waals surface area contributed by atoms with Crippen LogP contribution < -0.4 is 19.7 Å². The Balaban J connectivity index is 1.27. The molecule has 0 bridgehead atoms. The van der Waals surface area contributed by atoms with E-state index in [2.05, 4.69) is 10.4 Å². The van der Waals surface area contributed by atoms with E-state index >= 15 is 0 Å². The second-order valence-electron chi connectivity index (χ2n) is 7.58. The van der Waals surface area contributed by atoms with Crippen molar-refractivity contribution in [1.29, 1.82) is 0 Å². The van der Waals surface area contributed by atoms with Crippen LogP contribution in [-0.2, 0) is 16.1 Å². The van der Waals surface area contributed by atoms with Gasteiger partial charge in [-0.2, -0.15) is 5.10 Å². The van der Waals surface area contributed by atoms with Crippen molar-refractivity contribution in [2.45, 2.75) is 13.0 Å². The summed E-state index contributed by atoms with van der Waals surface area (Å²) in [6, 6.07) is 17.1. The Kier molecular flexibility index (Phi) is 5.03. The number of rotatable bonds is 5. The van der Waals surface area contributed by atoms with Crippen molar-refractivity contribution in [2.75, 3.05) is 30.0 Å². The van der Waals surface area contributed by atoms with Gasteiger partial charge in [0.2, 0.25) is 11.8 Å². The molecule has 0 radical (unpaired) electrons. The van der Waals surface area contributed by atoms with Gasteiger partial charge >= 0.3 is 0 Å². The summed E-state index contributed by atoms with van der Waals surface area (Å²) in [6.07, 6.45) is 1.81. The summed E-state index contributed by atoms with van der Waals surface area (Å²) in [6.45, 7) is 1.86. The number of fused-ring (bicyclic) bond motifs is 1. The molecule has 2 amide bonds. The van der Waals surface area contributed by atoms with Crippen molar-refractivity contribution in [3.05, 3.63) is 66.4 Å². The maximum Gasteiger partial charge on any atom is 0.230 e. The van der Waals surface area contributed by atoms with Crippen LogP contribution in [0.3, 0.4) is 0 Å². The lowest BCUT2D eigenvalue weighted by Gasteiger charge is -2.22. The maximum absolute atomic E-state index is 12.9. The molecule has 31 heavy (non-hydrogen) atoms. The predicted molar refractivity (Wildman–Crippen MR) is 114 cm³/mol. The van der Waals surface area contributed by atoms with Gasteiger partial charge in [-0.25, -0.2) is 4.68 Å². The first-order valence-electron chi connectivity index (χ1n) is 10.2. The van der Waals surface area contributed by atoms with Crippen molar-refractivity contribution in [2.24, 2.45) is 5.92 Å². The van der Waals surface area contributed by atoms with Gasteiger partial charge < -0.3 is 19.7 Å². The van der Waals surface area contributed by atoms with E-state index in [1.54, 1.807) is 34.0 Å². The molecule has 0 aliphatic carbocycles. The normalized spacial score (nSPS) is 17.6. The van der Waals surface area contributed by atoms with E-state index in [0.29, 0.717) is 49.3 Å². The first kappa shape index (κ1) is 19.2. The quantitative estimate of drug-likeness (QED) is 0.689. The summed E-state index contributed by atoms with van der Waals surface area (Å²) in [5, 5.41) is 7.24. The molecule has 2 aliphatic heterocycles. The molecule has 0 unspecified atom stereocenters. The highest BCUT2D eigenvalue weighted by atomic mass is 16.6. The molecule has 1 saturated heterocycles. The van der Waals surface area contributed by atoms with E-state index in [4.69, 9.17) is 9.47 Å². The van der Waals surface area contributed by atoms with Gasteiger partial charge in [0.1, 0.15) is 19.0 Å². The van der Waals surface area contributed by atoms with Gasteiger partial charge in [-0.15, -0.1) is 0 Å². The number of amides is 2. The van der Waals surface area contributed by atoms with Crippen LogP contribution in [0.2, 0.25) is 0 Å². The van der Waals surface area contributed by atoms with Gasteiger partial charge in [-0.1, -0.05) is 30.3 Å². The van der Waals surface area contributed by atoms with E-state index in [-0.39, 0.29) is 18.2 Å². The van der Waals surface area contributed by atoms with Crippen LogP contribution >= 0.6 is 0 Å². The number of hydrogen-bond acceptors (Lipinski definition) is 5. The van der Waals surface area contributed by atoms with Crippen molar-refractivity contribution in [1.82, 2.24) is 9.78 Å². The zero-order valence-corrected chi connectivity index (χ0v) is 16.9. The van der Waals surface area contributed by atoms with E-state index < -0.39 is 5.92 Å². The molecule has 2 aromatic carbocycles. The minimum atomic E-state index is -0.444. The molecular formula is C23H22N4O4. The Morgan fingerprint density at radius 3 is 2.71 bits per heavy atom. The SMILES string of the molecule is O=C(Nc1ccnn1Cc1ccccc1)[C@H]1CC(=O)N(c2ccc3c(c2)OCCO3)C1. The standard InChI is InChI=1S/C23H22N4O4/c28-22-12-17(15-26(22)18-6-7-19-20(13-18)31-11-10-30-19)23(29)25-21-8-9-24-27(21)14-16-4-2-1-3-5-16/h1-9,13,17H,10-12,14-15H2,(H,25,29)/t17-/m0/s1. The van der Waals surface area contributed by atoms with Gasteiger partial charge in [0.05, 0.1) is 18.7 Å². The molecule has 3 heterocycles. The van der Waals surface area contributed by atoms with Crippen LogP contribution in [0.25, 0.3) is 0 Å². The Morgan fingerprint density at radius 2 is 1.87 bits per heavy atom. The lowest BCUT2D eigenvalue weighted by Crippen LogP contribution is -2.29. The number of ether oxygens (including phenoxy) is 2. The highest BCUT2D eigenvalue weighted by Gasteiger charge is 2.36. The summed E-state index contributed by atoms with van der Waals surface area (Å²) in [5.41, 5.74) is 1.79. The van der Waals surface area contributed by atoms with Gasteiger partial charge in [0, 0.05) is 30.8 Å². The van der Waals surface area contributed by atoms with Crippen molar-refractivity contribution in [3.8, 4) is 11.5 Å². The average Bonchev–Trinajstić information content (AvgIpc) is 3.40. The molecule has 8 nitrogen and oxygen atoms in total. The molecule has 5 rings (SSSR count). The van der Waals surface area contributed by atoms with Gasteiger partial charge in [0.25, 0.3) is 0 Å². The molecule has 0 saturated carbocycles. The van der Waals surface area contributed by atoms with E-state index in [1.807, 2.05) is 36.4 Å². The van der Waals surface area contributed by atoms with Gasteiger partial charge in [0.15, 0.2) is 11.5 Å². The molecule has 1 fully saturated rings. The van der Waals surface area contributed by atoms with Crippen LogP contribution in [0.5, 0.6) is 11.5 Å². The first-order chi connectivity index (χ1) is 15.2. The third kappa shape index (κ3) is 3.96. The Labute approximate surface area is 179 Å². The first-order valence-corrected chi connectivity index (χ1v) is 10.2. The van der Waals surface area contributed by atoms with Crippen LogP contribution in [-0.4, -0.2) is 41.4 Å². The van der Waals surface area contributed by atoms with E-state index in [1.165, 1.54) is 0 Å². The second-order valence-corrected chi connectivity index (χ2v) is 7.58. The second kappa shape index (κ2) is 8.14. The molecule has 158 valence electrons. The Bertz CT molecular complexity index is 1110. The number of nitrogens with one attached hydrogen (secondary N) is 1. The molecular weight excluding hydrogens is 396 g/mol. The molecule has 1 aromatic heterocycles. The highest BCUT2D eigenvalue weighted by Crippen LogP contribution is 2.36. The Morgan fingerprint density at radius 1 is 1.06 bits per heavy atom. The van der Waals surface area contributed by atoms with E-state index in [0.717, 1.165) is 5.56 Å². The summed E-state index contributed by atoms with van der Waals surface area (Å²) < 4.78 is 12.9. The molecule has 1 atom stereocenters. The minimum absolute atomic E-state index is 0.0883. The zero-order chi connectivity index (χ0) is 21.2. The summed E-state index contributed by atoms with van der Waals surface area (Å²) >= 11 is 0. The summed E-state index contributed by atoms with van der Waals surface area (Å²) in [5.74, 6) is 1.18. The van der Waals surface area contributed by atoms with Crippen molar-refractivity contribution in [3.63, 3.8) is 0 Å². The van der Waals surface area contributed by atoms with Gasteiger partial charge in [-0.05, 0) is 17.7 Å². The third-order valence-corrected chi connectivity index (χ3v) is 5.48. The summed E-state index contributed by atoms with van der Waals surface area (Å²) in [7, 11) is 0. The predicted octanol–water partition coefficient (Wildman–Crippen LogP) is 2.69. The molecule has 1 N–H and O–H groups in total. The van der Waals surface area contributed by atoms with Crippen LogP contribution in [0.4, 0.5) is 11.5 Å². The molecule has 3 aromatic rings. The monoisotopic (exact) mass is 418 g/mol. The largest absolute Gasteiger partial charge is 0.486 e. The van der Waals surface area contributed by atoms with Crippen LogP contribution in [0.15, 0.2) is 60.8 Å². The summed E-state index contributed by atoms with van der Waals surface area (Å²) in [4.78, 5) is 27.1. The average molecular weight is 418 g/mol. The lowest BCUT2D eigenvalue weighted by atomic mass is 10.1. The topological polar surface area (TPSA) is 85.7 Å². The highest BCUT2D eigenvalue weighted by molar-refractivity contribution is 6.03. The smallest absolute Gasteiger partial charge is 0.230 e. The van der Waals surface area contributed by atoms with Crippen molar-refractivity contribution < 1.29 is 19.1 Å². The van der Waals surface area contributed by atoms with Crippen LogP contribution in [0, 0.1) is 5.92 Å². The fourth-order valence-electron chi connectivity index (χ4n) is 3.88. The number of hydrogen-bond donors (Lipinski definition) is 1.